The number of nitrogens with zero attached hydrogens (tertiary/aromatic N) is 4. The highest BCUT2D eigenvalue weighted by Gasteiger charge is 2.25. The van der Waals surface area contributed by atoms with Gasteiger partial charge in [0.2, 0.25) is 0 Å². The molecule has 1 aromatic carbocycles. The first-order valence-electron chi connectivity index (χ1n) is 12.7. The monoisotopic (exact) mass is 500 g/mol. The third kappa shape index (κ3) is 5.13. The van der Waals surface area contributed by atoms with E-state index in [0.29, 0.717) is 28.6 Å². The second-order valence-corrected chi connectivity index (χ2v) is 9.56. The lowest BCUT2D eigenvalue weighted by Crippen LogP contribution is -2.18. The van der Waals surface area contributed by atoms with Gasteiger partial charge in [0.15, 0.2) is 0 Å². The van der Waals surface area contributed by atoms with Gasteiger partial charge in [-0.1, -0.05) is 19.4 Å². The zero-order valence-corrected chi connectivity index (χ0v) is 21.1. The van der Waals surface area contributed by atoms with Crippen molar-refractivity contribution in [1.29, 1.82) is 0 Å². The van der Waals surface area contributed by atoms with Gasteiger partial charge in [-0.25, -0.2) is 15.0 Å². The van der Waals surface area contributed by atoms with Crippen LogP contribution in [0.3, 0.4) is 0 Å². The van der Waals surface area contributed by atoms with Gasteiger partial charge in [0.25, 0.3) is 5.91 Å². The van der Waals surface area contributed by atoms with Crippen molar-refractivity contribution in [3.63, 3.8) is 0 Å². The first-order chi connectivity index (χ1) is 18.0. The number of imidazole rings is 1. The summed E-state index contributed by atoms with van der Waals surface area (Å²) in [6, 6.07) is 9.18. The number of rotatable bonds is 7. The number of aliphatic hydroxyl groups excluding tert-OH is 1. The molecule has 0 bridgehead atoms. The molecule has 37 heavy (non-hydrogen) atoms. The minimum absolute atomic E-state index is 0.232. The molecular weight excluding hydrogens is 468 g/mol. The standard InChI is InChI=1S/C28H32N6O3/c1-3-4-17-11-12-30-25(13-17)33-28(36)21-10-7-19(14-24(21)37-2)22-16-34-23(26(29)32-22)15-31-27(34)18-5-8-20(35)9-6-18/h7,10-16,18,20,35H,3-6,8-9H2,1-2H3,(H2,29,32)(H,30,33,36)/t18-,20-. The summed E-state index contributed by atoms with van der Waals surface area (Å²) in [7, 11) is 1.53. The maximum atomic E-state index is 13.1. The van der Waals surface area contributed by atoms with Crippen molar-refractivity contribution in [2.75, 3.05) is 18.2 Å². The highest BCUT2D eigenvalue weighted by molar-refractivity contribution is 6.06. The molecule has 0 radical (unpaired) electrons. The first kappa shape index (κ1) is 24.7. The van der Waals surface area contributed by atoms with Gasteiger partial charge in [0.05, 0.1) is 30.7 Å². The van der Waals surface area contributed by atoms with Crippen molar-refractivity contribution in [2.24, 2.45) is 0 Å². The van der Waals surface area contributed by atoms with Gasteiger partial charge in [-0.2, -0.15) is 0 Å². The average Bonchev–Trinajstić information content (AvgIpc) is 3.34. The molecule has 1 aliphatic rings. The number of hydrogen-bond acceptors (Lipinski definition) is 7. The molecule has 1 saturated carbocycles. The molecule has 4 aromatic rings. The zero-order chi connectivity index (χ0) is 25.9. The Hall–Kier alpha value is -3.98. The molecule has 3 aromatic heterocycles. The highest BCUT2D eigenvalue weighted by Crippen LogP contribution is 2.34. The molecule has 0 spiro atoms. The Morgan fingerprint density at radius 2 is 2.00 bits per heavy atom. The Balaban J connectivity index is 1.44. The molecule has 1 amide bonds. The molecule has 9 nitrogen and oxygen atoms in total. The SMILES string of the molecule is CCCc1ccnc(NC(=O)c2ccc(-c3cn4c(cnc4[C@H]4CC[C@H](O)CC4)c(N)n3)cc2OC)c1. The molecule has 4 N–H and O–H groups in total. The lowest BCUT2D eigenvalue weighted by Gasteiger charge is -2.24. The molecule has 0 atom stereocenters. The number of nitrogen functional groups attached to an aromatic ring is 1. The van der Waals surface area contributed by atoms with E-state index in [-0.39, 0.29) is 17.9 Å². The van der Waals surface area contributed by atoms with Gasteiger partial charge >= 0.3 is 0 Å². The summed E-state index contributed by atoms with van der Waals surface area (Å²) >= 11 is 0. The number of methoxy groups -OCH3 is 1. The van der Waals surface area contributed by atoms with Gasteiger partial charge in [-0.15, -0.1) is 0 Å². The summed E-state index contributed by atoms with van der Waals surface area (Å²) in [6.07, 6.45) is 10.4. The van der Waals surface area contributed by atoms with E-state index in [1.54, 1.807) is 24.5 Å². The Morgan fingerprint density at radius 1 is 1.19 bits per heavy atom. The number of fused-ring (bicyclic) bond motifs is 1. The molecule has 192 valence electrons. The number of ether oxygens (including phenoxy) is 1. The number of benzene rings is 1. The van der Waals surface area contributed by atoms with Crippen LogP contribution in [0.2, 0.25) is 0 Å². The fourth-order valence-corrected chi connectivity index (χ4v) is 5.02. The second-order valence-electron chi connectivity index (χ2n) is 9.56. The summed E-state index contributed by atoms with van der Waals surface area (Å²) in [6.45, 7) is 2.11. The molecule has 1 fully saturated rings. The quantitative estimate of drug-likeness (QED) is 0.338. The van der Waals surface area contributed by atoms with Gasteiger partial charge in [0, 0.05) is 23.9 Å². The lowest BCUT2D eigenvalue weighted by molar-refractivity contribution is 0.102. The number of carbonyl (C=O) groups excluding carboxylic acids is 1. The smallest absolute Gasteiger partial charge is 0.260 e. The minimum Gasteiger partial charge on any atom is -0.496 e. The van der Waals surface area contributed by atoms with Crippen LogP contribution in [0.1, 0.15) is 66.7 Å². The van der Waals surface area contributed by atoms with Crippen LogP contribution < -0.4 is 15.8 Å². The third-order valence-electron chi connectivity index (χ3n) is 6.99. The molecule has 9 heteroatoms. The summed E-state index contributed by atoms with van der Waals surface area (Å²) in [5.41, 5.74) is 10.0. The van der Waals surface area contributed by atoms with Gasteiger partial charge in [-0.3, -0.25) is 9.20 Å². The van der Waals surface area contributed by atoms with Gasteiger partial charge in [-0.05, 0) is 61.9 Å². The number of carbonyl (C=O) groups is 1. The van der Waals surface area contributed by atoms with Crippen LogP contribution >= 0.6 is 0 Å². The number of nitrogens with two attached hydrogens (primary N) is 1. The number of aromatic nitrogens is 4. The van der Waals surface area contributed by atoms with E-state index >= 15 is 0 Å². The van der Waals surface area contributed by atoms with E-state index in [1.807, 2.05) is 28.8 Å². The number of anilines is 2. The maximum absolute atomic E-state index is 13.1. The van der Waals surface area contributed by atoms with Crippen molar-refractivity contribution < 1.29 is 14.6 Å². The topological polar surface area (TPSA) is 128 Å². The third-order valence-corrected chi connectivity index (χ3v) is 6.99. The largest absolute Gasteiger partial charge is 0.496 e. The highest BCUT2D eigenvalue weighted by atomic mass is 16.5. The molecule has 0 saturated heterocycles. The number of aryl methyl sites for hydroxylation is 1. The molecule has 0 aliphatic heterocycles. The van der Waals surface area contributed by atoms with E-state index in [1.165, 1.54) is 7.11 Å². The second kappa shape index (κ2) is 10.6. The van der Waals surface area contributed by atoms with E-state index in [9.17, 15) is 9.90 Å². The van der Waals surface area contributed by atoms with Crippen molar-refractivity contribution in [3.8, 4) is 17.0 Å². The lowest BCUT2D eigenvalue weighted by atomic mass is 9.87. The Kier molecular flexibility index (Phi) is 7.05. The predicted molar refractivity (Wildman–Crippen MR) is 143 cm³/mol. The van der Waals surface area contributed by atoms with E-state index in [0.717, 1.165) is 61.0 Å². The zero-order valence-electron chi connectivity index (χ0n) is 21.1. The summed E-state index contributed by atoms with van der Waals surface area (Å²) in [5, 5.41) is 12.8. The first-order valence-corrected chi connectivity index (χ1v) is 12.7. The summed E-state index contributed by atoms with van der Waals surface area (Å²) < 4.78 is 7.58. The van der Waals surface area contributed by atoms with Crippen LogP contribution in [0.15, 0.2) is 48.9 Å². The Morgan fingerprint density at radius 3 is 2.76 bits per heavy atom. The fourth-order valence-electron chi connectivity index (χ4n) is 5.02. The summed E-state index contributed by atoms with van der Waals surface area (Å²) in [4.78, 5) is 26.6. The van der Waals surface area contributed by atoms with Crippen molar-refractivity contribution in [1.82, 2.24) is 19.4 Å². The van der Waals surface area contributed by atoms with Crippen LogP contribution in [-0.2, 0) is 6.42 Å². The number of hydrogen-bond donors (Lipinski definition) is 3. The number of nitrogens with one attached hydrogen (secondary N) is 1. The molecule has 0 unspecified atom stereocenters. The Labute approximate surface area is 215 Å². The van der Waals surface area contributed by atoms with E-state index in [2.05, 4.69) is 27.2 Å². The molecule has 5 rings (SSSR count). The molecule has 1 aliphatic carbocycles. The van der Waals surface area contributed by atoms with Crippen LogP contribution in [0.4, 0.5) is 11.6 Å². The van der Waals surface area contributed by atoms with Gasteiger partial charge in [0.1, 0.15) is 28.7 Å². The Bertz CT molecular complexity index is 1420. The van der Waals surface area contributed by atoms with E-state index in [4.69, 9.17) is 10.5 Å². The van der Waals surface area contributed by atoms with Crippen molar-refractivity contribution >= 4 is 23.1 Å². The number of pyridine rings is 1. The van der Waals surface area contributed by atoms with Crippen molar-refractivity contribution in [3.05, 3.63) is 65.9 Å². The van der Waals surface area contributed by atoms with Crippen molar-refractivity contribution in [2.45, 2.75) is 57.5 Å². The normalized spacial score (nSPS) is 17.6. The van der Waals surface area contributed by atoms with Crippen LogP contribution in [0, 0.1) is 0 Å². The number of aliphatic hydroxyl groups is 1. The van der Waals surface area contributed by atoms with Crippen LogP contribution in [-0.4, -0.2) is 43.6 Å². The maximum Gasteiger partial charge on any atom is 0.260 e. The average molecular weight is 501 g/mol. The molecule has 3 heterocycles. The predicted octanol–water partition coefficient (Wildman–Crippen LogP) is 4.61. The number of amides is 1. The molecular formula is C28H32N6O3. The minimum atomic E-state index is -0.302. The van der Waals surface area contributed by atoms with Crippen LogP contribution in [0.25, 0.3) is 16.8 Å². The summed E-state index contributed by atoms with van der Waals surface area (Å²) in [5.74, 6) is 2.19. The van der Waals surface area contributed by atoms with Crippen LogP contribution in [0.5, 0.6) is 5.75 Å². The van der Waals surface area contributed by atoms with E-state index < -0.39 is 0 Å². The van der Waals surface area contributed by atoms with Gasteiger partial charge < -0.3 is 20.9 Å². The fraction of sp³-hybridized carbons (Fsp3) is 0.357.